The molecule has 1 aliphatic heterocycles. The summed E-state index contributed by atoms with van der Waals surface area (Å²) in [6.07, 6.45) is 1.38. The molecule has 2 nitrogen and oxygen atoms in total. The monoisotopic (exact) mass is 200 g/mol. The molecule has 86 valence electrons. The third kappa shape index (κ3) is 3.58. The van der Waals surface area contributed by atoms with Gasteiger partial charge in [-0.2, -0.15) is 0 Å². The Balaban J connectivity index is 0.000000791. The van der Waals surface area contributed by atoms with E-state index in [1.165, 1.54) is 26.1 Å². The molecule has 2 unspecified atom stereocenters. The average Bonchev–Trinajstić information content (AvgIpc) is 2.26. The van der Waals surface area contributed by atoms with Crippen molar-refractivity contribution in [2.75, 3.05) is 26.7 Å². The van der Waals surface area contributed by atoms with Crippen molar-refractivity contribution in [2.24, 2.45) is 0 Å². The average molecular weight is 200 g/mol. The first-order chi connectivity index (χ1) is 6.69. The molecule has 0 bridgehead atoms. The smallest absolute Gasteiger partial charge is 0.0237 e. The lowest BCUT2D eigenvalue weighted by Gasteiger charge is -2.46. The van der Waals surface area contributed by atoms with E-state index < -0.39 is 0 Å². The van der Waals surface area contributed by atoms with Crippen LogP contribution in [-0.4, -0.2) is 48.6 Å². The number of rotatable bonds is 4. The van der Waals surface area contributed by atoms with Crippen LogP contribution in [0.5, 0.6) is 0 Å². The van der Waals surface area contributed by atoms with Gasteiger partial charge < -0.3 is 4.90 Å². The molecule has 1 rings (SSSR count). The molecule has 2 atom stereocenters. The second-order valence-corrected chi connectivity index (χ2v) is 3.89. The minimum atomic E-state index is 0.811. The fourth-order valence-corrected chi connectivity index (χ4v) is 1.93. The van der Waals surface area contributed by atoms with Crippen molar-refractivity contribution in [2.45, 2.75) is 53.1 Å². The van der Waals surface area contributed by atoms with Gasteiger partial charge in [0.05, 0.1) is 0 Å². The highest BCUT2D eigenvalue weighted by atomic mass is 15.3. The molecule has 0 aliphatic carbocycles. The standard InChI is InChI=1S/C10H22N2.C2H6/c1-5-12(6-2)8-10-7-9(3)11(10)4;1-2/h9-10H,5-8H2,1-4H3;1-2H3. The quantitative estimate of drug-likeness (QED) is 0.688. The summed E-state index contributed by atoms with van der Waals surface area (Å²) in [6.45, 7) is 14.4. The van der Waals surface area contributed by atoms with Gasteiger partial charge >= 0.3 is 0 Å². The first kappa shape index (κ1) is 13.9. The second-order valence-electron chi connectivity index (χ2n) is 3.89. The number of likely N-dealkylation sites (tertiary alicyclic amines) is 1. The molecule has 0 aromatic carbocycles. The lowest BCUT2D eigenvalue weighted by Crippen LogP contribution is -2.56. The highest BCUT2D eigenvalue weighted by Crippen LogP contribution is 2.23. The van der Waals surface area contributed by atoms with Crippen LogP contribution in [-0.2, 0) is 0 Å². The maximum Gasteiger partial charge on any atom is 0.0237 e. The summed E-state index contributed by atoms with van der Waals surface area (Å²) in [6, 6.07) is 1.63. The fraction of sp³-hybridized carbons (Fsp3) is 1.00. The van der Waals surface area contributed by atoms with Crippen molar-refractivity contribution in [3.05, 3.63) is 0 Å². The Labute approximate surface area is 90.3 Å². The summed E-state index contributed by atoms with van der Waals surface area (Å²) >= 11 is 0. The Morgan fingerprint density at radius 1 is 1.21 bits per heavy atom. The summed E-state index contributed by atoms with van der Waals surface area (Å²) in [4.78, 5) is 4.99. The van der Waals surface area contributed by atoms with E-state index in [4.69, 9.17) is 0 Å². The van der Waals surface area contributed by atoms with E-state index in [1.54, 1.807) is 0 Å². The molecule has 0 amide bonds. The molecule has 0 aromatic heterocycles. The number of nitrogens with zero attached hydrogens (tertiary/aromatic N) is 2. The van der Waals surface area contributed by atoms with Gasteiger partial charge in [0.15, 0.2) is 0 Å². The molecular formula is C12H28N2. The molecule has 0 N–H and O–H groups in total. The molecule has 0 aromatic rings. The van der Waals surface area contributed by atoms with Crippen molar-refractivity contribution in [3.63, 3.8) is 0 Å². The summed E-state index contributed by atoms with van der Waals surface area (Å²) in [5.74, 6) is 0. The van der Waals surface area contributed by atoms with E-state index >= 15 is 0 Å². The predicted molar refractivity (Wildman–Crippen MR) is 64.8 cm³/mol. The maximum atomic E-state index is 2.51. The summed E-state index contributed by atoms with van der Waals surface area (Å²) in [5.41, 5.74) is 0. The zero-order valence-corrected chi connectivity index (χ0v) is 10.9. The Bertz CT molecular complexity index is 132. The molecule has 1 aliphatic rings. The van der Waals surface area contributed by atoms with Crippen molar-refractivity contribution >= 4 is 0 Å². The van der Waals surface area contributed by atoms with Crippen LogP contribution in [0.25, 0.3) is 0 Å². The zero-order valence-electron chi connectivity index (χ0n) is 10.9. The van der Waals surface area contributed by atoms with Crippen molar-refractivity contribution < 1.29 is 0 Å². The molecule has 0 saturated carbocycles. The van der Waals surface area contributed by atoms with Crippen LogP contribution in [0, 0.1) is 0 Å². The minimum absolute atomic E-state index is 0.811. The van der Waals surface area contributed by atoms with Gasteiger partial charge in [0.1, 0.15) is 0 Å². The van der Waals surface area contributed by atoms with E-state index in [0.29, 0.717) is 0 Å². The number of likely N-dealkylation sites (N-methyl/N-ethyl adjacent to an activating group) is 2. The van der Waals surface area contributed by atoms with Crippen molar-refractivity contribution in [1.82, 2.24) is 9.80 Å². The van der Waals surface area contributed by atoms with Crippen molar-refractivity contribution in [3.8, 4) is 0 Å². The highest BCUT2D eigenvalue weighted by Gasteiger charge is 2.32. The van der Waals surface area contributed by atoms with Gasteiger partial charge in [-0.15, -0.1) is 0 Å². The first-order valence-corrected chi connectivity index (χ1v) is 6.13. The fourth-order valence-electron chi connectivity index (χ4n) is 1.93. The third-order valence-corrected chi connectivity index (χ3v) is 3.25. The topological polar surface area (TPSA) is 6.48 Å². The molecule has 1 saturated heterocycles. The van der Waals surface area contributed by atoms with Gasteiger partial charge in [0.2, 0.25) is 0 Å². The van der Waals surface area contributed by atoms with Crippen LogP contribution in [0.2, 0.25) is 0 Å². The summed E-state index contributed by atoms with van der Waals surface area (Å²) < 4.78 is 0. The molecule has 1 heterocycles. The molecule has 0 radical (unpaired) electrons. The summed E-state index contributed by atoms with van der Waals surface area (Å²) in [5, 5.41) is 0. The van der Waals surface area contributed by atoms with Gasteiger partial charge in [-0.05, 0) is 33.5 Å². The predicted octanol–water partition coefficient (Wildman–Crippen LogP) is 2.45. The highest BCUT2D eigenvalue weighted by molar-refractivity contribution is 4.89. The lowest BCUT2D eigenvalue weighted by molar-refractivity contribution is 0.0308. The Morgan fingerprint density at radius 3 is 2.00 bits per heavy atom. The zero-order chi connectivity index (χ0) is 11.1. The van der Waals surface area contributed by atoms with E-state index in [1.807, 2.05) is 13.8 Å². The van der Waals surface area contributed by atoms with E-state index in [2.05, 4.69) is 37.6 Å². The van der Waals surface area contributed by atoms with Crippen molar-refractivity contribution in [1.29, 1.82) is 0 Å². The molecule has 2 heteroatoms. The Morgan fingerprint density at radius 2 is 1.71 bits per heavy atom. The second kappa shape index (κ2) is 7.24. The third-order valence-electron chi connectivity index (χ3n) is 3.25. The van der Waals surface area contributed by atoms with Gasteiger partial charge in [-0.25, -0.2) is 0 Å². The van der Waals surface area contributed by atoms with Crippen LogP contribution in [0.3, 0.4) is 0 Å². The van der Waals surface area contributed by atoms with Gasteiger partial charge in [-0.3, -0.25) is 4.90 Å². The number of hydrogen-bond acceptors (Lipinski definition) is 2. The SMILES string of the molecule is CC.CCN(CC)CC1CC(C)N1C. The van der Waals surface area contributed by atoms with Crippen LogP contribution < -0.4 is 0 Å². The van der Waals surface area contributed by atoms with Crippen LogP contribution in [0.4, 0.5) is 0 Å². The minimum Gasteiger partial charge on any atom is -0.302 e. The number of hydrogen-bond donors (Lipinski definition) is 0. The van der Waals surface area contributed by atoms with Gasteiger partial charge in [0, 0.05) is 18.6 Å². The van der Waals surface area contributed by atoms with E-state index in [9.17, 15) is 0 Å². The molecule has 14 heavy (non-hydrogen) atoms. The van der Waals surface area contributed by atoms with E-state index in [0.717, 1.165) is 12.1 Å². The molecular weight excluding hydrogens is 172 g/mol. The molecule has 1 fully saturated rings. The van der Waals surface area contributed by atoms with E-state index in [-0.39, 0.29) is 0 Å². The maximum absolute atomic E-state index is 2.51. The van der Waals surface area contributed by atoms with Crippen LogP contribution >= 0.6 is 0 Å². The van der Waals surface area contributed by atoms with Crippen LogP contribution in [0.1, 0.15) is 41.0 Å². The largest absolute Gasteiger partial charge is 0.302 e. The van der Waals surface area contributed by atoms with Gasteiger partial charge in [-0.1, -0.05) is 27.7 Å². The first-order valence-electron chi connectivity index (χ1n) is 6.13. The van der Waals surface area contributed by atoms with Crippen LogP contribution in [0.15, 0.2) is 0 Å². The molecule has 0 spiro atoms. The summed E-state index contributed by atoms with van der Waals surface area (Å²) in [7, 11) is 2.24. The lowest BCUT2D eigenvalue weighted by atomic mass is 9.95. The normalized spacial score (nSPS) is 26.8. The Hall–Kier alpha value is -0.0800. The Kier molecular flexibility index (Phi) is 7.20. The van der Waals surface area contributed by atoms with Gasteiger partial charge in [0.25, 0.3) is 0 Å².